The summed E-state index contributed by atoms with van der Waals surface area (Å²) in [5, 5.41) is 3.94. The highest BCUT2D eigenvalue weighted by molar-refractivity contribution is 9.10. The first kappa shape index (κ1) is 21.3. The van der Waals surface area contributed by atoms with Gasteiger partial charge in [0, 0.05) is 4.47 Å². The van der Waals surface area contributed by atoms with Crippen LogP contribution in [0.5, 0.6) is 11.5 Å². The van der Waals surface area contributed by atoms with E-state index in [9.17, 15) is 9.59 Å². The monoisotopic (exact) mass is 466 g/mol. The zero-order valence-corrected chi connectivity index (χ0v) is 17.7. The highest BCUT2D eigenvalue weighted by Gasteiger charge is 2.13. The molecule has 7 heteroatoms. The smallest absolute Gasteiger partial charge is 0.343 e. The van der Waals surface area contributed by atoms with Crippen molar-refractivity contribution in [3.63, 3.8) is 0 Å². The van der Waals surface area contributed by atoms with E-state index >= 15 is 0 Å². The Morgan fingerprint density at radius 2 is 1.57 bits per heavy atom. The van der Waals surface area contributed by atoms with Gasteiger partial charge in [0.2, 0.25) is 0 Å². The molecule has 1 atom stereocenters. The molecular formula is C23H19BrN2O4. The summed E-state index contributed by atoms with van der Waals surface area (Å²) in [4.78, 5) is 24.1. The van der Waals surface area contributed by atoms with E-state index in [-0.39, 0.29) is 5.91 Å². The molecule has 0 spiro atoms. The van der Waals surface area contributed by atoms with Gasteiger partial charge < -0.3 is 9.47 Å². The standard InChI is InChI=1S/C23H19BrN2O4/c1-16(29-20-13-9-19(24)10-14-20)22(27)26-25-15-17-7-11-21(12-8-17)30-23(28)18-5-3-2-4-6-18/h2-16H,1H3,(H,26,27)/b25-15+. The van der Waals surface area contributed by atoms with E-state index in [1.54, 1.807) is 67.6 Å². The number of nitrogens with zero attached hydrogens (tertiary/aromatic N) is 1. The van der Waals surface area contributed by atoms with Crippen LogP contribution in [-0.4, -0.2) is 24.2 Å². The van der Waals surface area contributed by atoms with Crippen molar-refractivity contribution < 1.29 is 19.1 Å². The van der Waals surface area contributed by atoms with Crippen molar-refractivity contribution in [3.05, 3.63) is 94.5 Å². The SMILES string of the molecule is CC(Oc1ccc(Br)cc1)C(=O)N/N=C/c1ccc(OC(=O)c2ccccc2)cc1. The Bertz CT molecular complexity index is 1020. The first-order chi connectivity index (χ1) is 14.5. The molecule has 0 radical (unpaired) electrons. The molecule has 6 nitrogen and oxygen atoms in total. The molecule has 1 unspecified atom stereocenters. The van der Waals surface area contributed by atoms with E-state index in [0.717, 1.165) is 10.0 Å². The van der Waals surface area contributed by atoms with Crippen LogP contribution in [0.4, 0.5) is 0 Å². The number of halogens is 1. The molecule has 0 aromatic heterocycles. The number of carbonyl (C=O) groups excluding carboxylic acids is 2. The third-order valence-electron chi connectivity index (χ3n) is 3.98. The van der Waals surface area contributed by atoms with E-state index in [2.05, 4.69) is 26.5 Å². The van der Waals surface area contributed by atoms with Gasteiger partial charge in [-0.15, -0.1) is 0 Å². The molecule has 3 aromatic rings. The molecule has 152 valence electrons. The number of benzene rings is 3. The number of hydrogen-bond donors (Lipinski definition) is 1. The van der Waals surface area contributed by atoms with Gasteiger partial charge in [-0.2, -0.15) is 5.10 Å². The van der Waals surface area contributed by atoms with Gasteiger partial charge >= 0.3 is 5.97 Å². The first-order valence-corrected chi connectivity index (χ1v) is 9.93. The lowest BCUT2D eigenvalue weighted by atomic mass is 10.2. The number of ether oxygens (including phenoxy) is 2. The summed E-state index contributed by atoms with van der Waals surface area (Å²) < 4.78 is 11.8. The number of hydrogen-bond acceptors (Lipinski definition) is 5. The van der Waals surface area contributed by atoms with Gasteiger partial charge in [-0.1, -0.05) is 34.1 Å². The second-order valence-electron chi connectivity index (χ2n) is 6.27. The molecule has 0 saturated carbocycles. The molecule has 3 aromatic carbocycles. The number of nitrogens with one attached hydrogen (secondary N) is 1. The minimum atomic E-state index is -0.705. The largest absolute Gasteiger partial charge is 0.481 e. The molecule has 0 aliphatic heterocycles. The maximum absolute atomic E-state index is 12.1. The summed E-state index contributed by atoms with van der Waals surface area (Å²) in [6.45, 7) is 1.64. The van der Waals surface area contributed by atoms with Gasteiger partial charge in [0.25, 0.3) is 5.91 Å². The van der Waals surface area contributed by atoms with Crippen molar-refractivity contribution in [2.75, 3.05) is 0 Å². The van der Waals surface area contributed by atoms with Crippen molar-refractivity contribution >= 4 is 34.0 Å². The average molecular weight is 467 g/mol. The third-order valence-corrected chi connectivity index (χ3v) is 4.51. The van der Waals surface area contributed by atoms with Gasteiger partial charge in [-0.25, -0.2) is 10.2 Å². The van der Waals surface area contributed by atoms with Gasteiger partial charge in [-0.05, 0) is 73.2 Å². The second kappa shape index (κ2) is 10.4. The molecule has 0 aliphatic carbocycles. The topological polar surface area (TPSA) is 77.0 Å². The third kappa shape index (κ3) is 6.28. The van der Waals surface area contributed by atoms with Crippen LogP contribution in [0.3, 0.4) is 0 Å². The Morgan fingerprint density at radius 1 is 0.933 bits per heavy atom. The molecule has 1 N–H and O–H groups in total. The Morgan fingerprint density at radius 3 is 2.23 bits per heavy atom. The number of hydrazone groups is 1. The number of esters is 1. The van der Waals surface area contributed by atoms with Crippen molar-refractivity contribution in [2.45, 2.75) is 13.0 Å². The Hall–Kier alpha value is -3.45. The quantitative estimate of drug-likeness (QED) is 0.239. The summed E-state index contributed by atoms with van der Waals surface area (Å²) in [5.74, 6) is 0.207. The zero-order chi connectivity index (χ0) is 21.3. The summed E-state index contributed by atoms with van der Waals surface area (Å²) in [7, 11) is 0. The fourth-order valence-electron chi connectivity index (χ4n) is 2.39. The Labute approximate surface area is 182 Å². The predicted octanol–water partition coefficient (Wildman–Crippen LogP) is 4.59. The highest BCUT2D eigenvalue weighted by atomic mass is 79.9. The minimum absolute atomic E-state index is 0.373. The fourth-order valence-corrected chi connectivity index (χ4v) is 2.66. The van der Waals surface area contributed by atoms with Crippen molar-refractivity contribution in [3.8, 4) is 11.5 Å². The number of rotatable bonds is 7. The van der Waals surface area contributed by atoms with Crippen molar-refractivity contribution in [2.24, 2.45) is 5.10 Å². The van der Waals surface area contributed by atoms with Gasteiger partial charge in [0.05, 0.1) is 11.8 Å². The van der Waals surface area contributed by atoms with Crippen LogP contribution in [0.25, 0.3) is 0 Å². The van der Waals surface area contributed by atoms with Crippen LogP contribution in [0, 0.1) is 0 Å². The van der Waals surface area contributed by atoms with E-state index < -0.39 is 12.1 Å². The summed E-state index contributed by atoms with van der Waals surface area (Å²) >= 11 is 3.35. The van der Waals surface area contributed by atoms with Gasteiger partial charge in [-0.3, -0.25) is 4.79 Å². The average Bonchev–Trinajstić information content (AvgIpc) is 2.77. The molecule has 30 heavy (non-hydrogen) atoms. The van der Waals surface area contributed by atoms with Crippen molar-refractivity contribution in [1.29, 1.82) is 0 Å². The van der Waals surface area contributed by atoms with E-state index in [0.29, 0.717) is 17.1 Å². The lowest BCUT2D eigenvalue weighted by molar-refractivity contribution is -0.127. The zero-order valence-electron chi connectivity index (χ0n) is 16.1. The maximum atomic E-state index is 12.1. The van der Waals surface area contributed by atoms with Gasteiger partial charge in [0.15, 0.2) is 6.10 Å². The Balaban J connectivity index is 1.49. The molecule has 1 amide bonds. The second-order valence-corrected chi connectivity index (χ2v) is 7.19. The summed E-state index contributed by atoms with van der Waals surface area (Å²) in [5.41, 5.74) is 3.65. The van der Waals surface area contributed by atoms with E-state index in [4.69, 9.17) is 9.47 Å². The number of carbonyl (C=O) groups is 2. The summed E-state index contributed by atoms with van der Waals surface area (Å²) in [6.07, 6.45) is 0.788. The van der Waals surface area contributed by atoms with Crippen LogP contribution in [0.15, 0.2) is 88.4 Å². The fraction of sp³-hybridized carbons (Fsp3) is 0.0870. The van der Waals surface area contributed by atoms with Crippen LogP contribution >= 0.6 is 15.9 Å². The maximum Gasteiger partial charge on any atom is 0.343 e. The molecule has 3 rings (SSSR count). The normalized spacial score (nSPS) is 11.7. The minimum Gasteiger partial charge on any atom is -0.481 e. The molecule has 0 heterocycles. The van der Waals surface area contributed by atoms with Crippen LogP contribution < -0.4 is 14.9 Å². The molecule has 0 aliphatic rings. The highest BCUT2D eigenvalue weighted by Crippen LogP contribution is 2.17. The van der Waals surface area contributed by atoms with Crippen LogP contribution in [-0.2, 0) is 4.79 Å². The first-order valence-electron chi connectivity index (χ1n) is 9.14. The van der Waals surface area contributed by atoms with Crippen LogP contribution in [0.1, 0.15) is 22.8 Å². The van der Waals surface area contributed by atoms with Crippen LogP contribution in [0.2, 0.25) is 0 Å². The molecule has 0 fully saturated rings. The Kier molecular flexibility index (Phi) is 7.34. The number of amides is 1. The molecule has 0 saturated heterocycles. The molecular weight excluding hydrogens is 448 g/mol. The van der Waals surface area contributed by atoms with E-state index in [1.807, 2.05) is 18.2 Å². The van der Waals surface area contributed by atoms with Crippen molar-refractivity contribution in [1.82, 2.24) is 5.43 Å². The molecule has 0 bridgehead atoms. The lowest BCUT2D eigenvalue weighted by Gasteiger charge is -2.12. The predicted molar refractivity (Wildman–Crippen MR) is 118 cm³/mol. The summed E-state index contributed by atoms with van der Waals surface area (Å²) in [6, 6.07) is 22.7. The van der Waals surface area contributed by atoms with Gasteiger partial charge in [0.1, 0.15) is 11.5 Å². The lowest BCUT2D eigenvalue weighted by Crippen LogP contribution is -2.33. The van der Waals surface area contributed by atoms with E-state index in [1.165, 1.54) is 6.21 Å².